The van der Waals surface area contributed by atoms with Crippen LogP contribution in [0.1, 0.15) is 50.3 Å². The molecular formula is C24H24F3N3O3S2. The number of aryl methyl sites for hydroxylation is 1. The molecule has 35 heavy (non-hydrogen) atoms. The maximum absolute atomic E-state index is 13.8. The minimum absolute atomic E-state index is 0.0115. The summed E-state index contributed by atoms with van der Waals surface area (Å²) in [5.74, 6) is 0.507. The van der Waals surface area contributed by atoms with Crippen LogP contribution >= 0.6 is 11.3 Å². The van der Waals surface area contributed by atoms with Gasteiger partial charge in [0.1, 0.15) is 11.2 Å². The third-order valence-corrected chi connectivity index (χ3v) is 9.57. The molecule has 3 heterocycles. The quantitative estimate of drug-likeness (QED) is 0.324. The highest BCUT2D eigenvalue weighted by Crippen LogP contribution is 2.46. The van der Waals surface area contributed by atoms with Crippen molar-refractivity contribution in [3.8, 4) is 10.7 Å². The predicted molar refractivity (Wildman–Crippen MR) is 131 cm³/mol. The smallest absolute Gasteiger partial charge is 0.322 e. The molecule has 0 spiro atoms. The zero-order chi connectivity index (χ0) is 25.3. The van der Waals surface area contributed by atoms with E-state index in [4.69, 9.17) is 0 Å². The van der Waals surface area contributed by atoms with Crippen LogP contribution in [0.25, 0.3) is 31.8 Å². The summed E-state index contributed by atoms with van der Waals surface area (Å²) in [5.41, 5.74) is -0.808. The summed E-state index contributed by atoms with van der Waals surface area (Å²) in [5, 5.41) is 0.572. The number of rotatable bonds is 6. The predicted octanol–water partition coefficient (Wildman–Crippen LogP) is 5.72. The second kappa shape index (κ2) is 8.19. The summed E-state index contributed by atoms with van der Waals surface area (Å²) in [6, 6.07) is 6.63. The molecule has 3 aromatic heterocycles. The molecule has 1 aromatic carbocycles. The monoisotopic (exact) mass is 523 g/mol. The Morgan fingerprint density at radius 1 is 1.17 bits per heavy atom. The molecule has 0 unspecified atom stereocenters. The summed E-state index contributed by atoms with van der Waals surface area (Å²) in [7, 11) is -2.16. The number of aromatic nitrogens is 3. The number of fused-ring (bicyclic) bond motifs is 2. The van der Waals surface area contributed by atoms with E-state index in [1.54, 1.807) is 13.8 Å². The Balaban J connectivity index is 1.83. The molecule has 0 bridgehead atoms. The zero-order valence-corrected chi connectivity index (χ0v) is 21.1. The summed E-state index contributed by atoms with van der Waals surface area (Å²) in [6.45, 7) is 3.15. The maximum atomic E-state index is 13.8. The van der Waals surface area contributed by atoms with Crippen LogP contribution in [0.2, 0.25) is 0 Å². The number of imidazole rings is 1. The van der Waals surface area contributed by atoms with E-state index in [9.17, 15) is 26.4 Å². The van der Waals surface area contributed by atoms with E-state index in [0.717, 1.165) is 33.7 Å². The topological polar surface area (TPSA) is 74.0 Å². The van der Waals surface area contributed by atoms with Gasteiger partial charge in [0.2, 0.25) is 0 Å². The number of hydrogen-bond donors (Lipinski definition) is 0. The van der Waals surface area contributed by atoms with Crippen LogP contribution in [0.4, 0.5) is 13.2 Å². The van der Waals surface area contributed by atoms with Crippen molar-refractivity contribution >= 4 is 42.3 Å². The van der Waals surface area contributed by atoms with E-state index < -0.39 is 27.3 Å². The molecule has 0 aliphatic heterocycles. The first kappa shape index (κ1) is 24.1. The van der Waals surface area contributed by atoms with Crippen molar-refractivity contribution in [2.75, 3.05) is 5.75 Å². The number of benzene rings is 1. The van der Waals surface area contributed by atoms with Gasteiger partial charge in [-0.3, -0.25) is 4.79 Å². The van der Waals surface area contributed by atoms with Gasteiger partial charge in [0.05, 0.1) is 21.0 Å². The van der Waals surface area contributed by atoms with E-state index >= 15 is 0 Å². The fourth-order valence-corrected chi connectivity index (χ4v) is 7.48. The standard InChI is InChI=1S/C24H24F3N3O3S2/c1-4-10-30-18(24(25,26)27)12-16-19(23(30)31)29(3)22(28-16)20-21(35(32,33)5-2)15-9-8-14(13-6-7-13)11-17(15)34-20/h8-9,11-13H,4-7,10H2,1-3H3. The lowest BCUT2D eigenvalue weighted by molar-refractivity contribution is -0.144. The second-order valence-electron chi connectivity index (χ2n) is 8.91. The lowest BCUT2D eigenvalue weighted by atomic mass is 10.1. The Hall–Kier alpha value is -2.66. The van der Waals surface area contributed by atoms with Gasteiger partial charge in [0.25, 0.3) is 5.56 Å². The van der Waals surface area contributed by atoms with Gasteiger partial charge in [-0.05, 0) is 42.9 Å². The lowest BCUT2D eigenvalue weighted by Gasteiger charge is -2.15. The molecule has 0 N–H and O–H groups in total. The molecule has 0 saturated heterocycles. The average molecular weight is 524 g/mol. The van der Waals surface area contributed by atoms with Gasteiger partial charge in [0, 0.05) is 23.7 Å². The molecule has 11 heteroatoms. The highest BCUT2D eigenvalue weighted by atomic mass is 32.2. The number of alkyl halides is 3. The Bertz CT molecular complexity index is 1640. The van der Waals surface area contributed by atoms with Crippen molar-refractivity contribution in [1.29, 1.82) is 0 Å². The Kier molecular flexibility index (Phi) is 5.63. The Morgan fingerprint density at radius 3 is 2.49 bits per heavy atom. The van der Waals surface area contributed by atoms with Crippen molar-refractivity contribution in [2.45, 2.75) is 56.6 Å². The van der Waals surface area contributed by atoms with Gasteiger partial charge in [-0.15, -0.1) is 11.3 Å². The molecule has 1 fully saturated rings. The number of thiophene rings is 1. The largest absolute Gasteiger partial charge is 0.431 e. The highest BCUT2D eigenvalue weighted by molar-refractivity contribution is 7.92. The van der Waals surface area contributed by atoms with E-state index in [2.05, 4.69) is 4.98 Å². The van der Waals surface area contributed by atoms with Crippen molar-refractivity contribution in [3.05, 3.63) is 45.9 Å². The fourth-order valence-electron chi connectivity index (χ4n) is 4.56. The molecule has 1 saturated carbocycles. The van der Waals surface area contributed by atoms with Crippen molar-refractivity contribution in [3.63, 3.8) is 0 Å². The normalized spacial score (nSPS) is 14.9. The van der Waals surface area contributed by atoms with E-state index in [1.165, 1.54) is 23.0 Å². The third-order valence-electron chi connectivity index (χ3n) is 6.48. The van der Waals surface area contributed by atoms with Crippen molar-refractivity contribution in [2.24, 2.45) is 7.05 Å². The first-order valence-electron chi connectivity index (χ1n) is 11.4. The number of sulfone groups is 1. The summed E-state index contributed by atoms with van der Waals surface area (Å²) >= 11 is 1.24. The van der Waals surface area contributed by atoms with Crippen molar-refractivity contribution < 1.29 is 21.6 Å². The van der Waals surface area contributed by atoms with Gasteiger partial charge >= 0.3 is 6.18 Å². The summed E-state index contributed by atoms with van der Waals surface area (Å²) < 4.78 is 70.5. The molecule has 0 radical (unpaired) electrons. The van der Waals surface area contributed by atoms with Crippen LogP contribution in [-0.4, -0.2) is 28.3 Å². The molecule has 0 amide bonds. The molecule has 4 aromatic rings. The van der Waals surface area contributed by atoms with Crippen LogP contribution in [0, 0.1) is 0 Å². The minimum atomic E-state index is -4.73. The van der Waals surface area contributed by atoms with E-state index in [1.807, 2.05) is 18.2 Å². The van der Waals surface area contributed by atoms with Crippen LogP contribution in [-0.2, 0) is 29.6 Å². The number of pyridine rings is 1. The number of halogens is 3. The van der Waals surface area contributed by atoms with Gasteiger partial charge in [-0.25, -0.2) is 13.4 Å². The van der Waals surface area contributed by atoms with Crippen LogP contribution in [0.5, 0.6) is 0 Å². The van der Waals surface area contributed by atoms with Gasteiger partial charge in [-0.1, -0.05) is 26.0 Å². The third kappa shape index (κ3) is 3.88. The van der Waals surface area contributed by atoms with Gasteiger partial charge in [-0.2, -0.15) is 13.2 Å². The first-order chi connectivity index (χ1) is 16.5. The molecular weight excluding hydrogens is 499 g/mol. The summed E-state index contributed by atoms with van der Waals surface area (Å²) in [6.07, 6.45) is -2.19. The first-order valence-corrected chi connectivity index (χ1v) is 13.9. The number of hydrogen-bond acceptors (Lipinski definition) is 5. The van der Waals surface area contributed by atoms with Gasteiger partial charge in [0.15, 0.2) is 15.7 Å². The maximum Gasteiger partial charge on any atom is 0.431 e. The molecule has 1 aliphatic rings. The van der Waals surface area contributed by atoms with E-state index in [-0.39, 0.29) is 34.1 Å². The fraction of sp³-hybridized carbons (Fsp3) is 0.417. The Labute approximate surface area is 203 Å². The minimum Gasteiger partial charge on any atom is -0.322 e. The van der Waals surface area contributed by atoms with E-state index in [0.29, 0.717) is 22.6 Å². The molecule has 1 aliphatic carbocycles. The number of nitrogens with zero attached hydrogens (tertiary/aromatic N) is 3. The van der Waals surface area contributed by atoms with Crippen LogP contribution in [0.15, 0.2) is 34.0 Å². The molecule has 6 nitrogen and oxygen atoms in total. The highest BCUT2D eigenvalue weighted by Gasteiger charge is 2.36. The zero-order valence-electron chi connectivity index (χ0n) is 19.4. The van der Waals surface area contributed by atoms with Crippen LogP contribution in [0.3, 0.4) is 0 Å². The molecule has 186 valence electrons. The summed E-state index contributed by atoms with van der Waals surface area (Å²) in [4.78, 5) is 18.0. The molecule has 5 rings (SSSR count). The Morgan fingerprint density at radius 2 is 1.89 bits per heavy atom. The van der Waals surface area contributed by atoms with Crippen molar-refractivity contribution in [1.82, 2.24) is 14.1 Å². The average Bonchev–Trinajstić information content (AvgIpc) is 3.49. The van der Waals surface area contributed by atoms with Crippen LogP contribution < -0.4 is 5.56 Å². The molecule has 0 atom stereocenters. The second-order valence-corrected chi connectivity index (χ2v) is 12.2. The van der Waals surface area contributed by atoms with Gasteiger partial charge < -0.3 is 9.13 Å². The lowest BCUT2D eigenvalue weighted by Crippen LogP contribution is -2.29. The SMILES string of the molecule is CCCn1c(C(F)(F)F)cc2nc(-c3sc4cc(C5CC5)ccc4c3S(=O)(=O)CC)n(C)c2c1=O.